The summed E-state index contributed by atoms with van der Waals surface area (Å²) in [6.07, 6.45) is 6.63. The van der Waals surface area contributed by atoms with Crippen LogP contribution in [0.5, 0.6) is 0 Å². The van der Waals surface area contributed by atoms with E-state index in [-0.39, 0.29) is 7.43 Å². The van der Waals surface area contributed by atoms with Crippen LogP contribution < -0.4 is 0 Å². The van der Waals surface area contributed by atoms with E-state index in [4.69, 9.17) is 0 Å². The summed E-state index contributed by atoms with van der Waals surface area (Å²) in [4.78, 5) is 0. The molecule has 0 aliphatic heterocycles. The molecule has 15 heavy (non-hydrogen) atoms. The zero-order valence-corrected chi connectivity index (χ0v) is 11.4. The normalized spacial score (nSPS) is 6.33. The molecule has 0 aromatic rings. The maximum absolute atomic E-state index is 3.78. The molecule has 0 aliphatic rings. The molecule has 0 nitrogen and oxygen atoms in total. The van der Waals surface area contributed by atoms with Gasteiger partial charge in [-0.1, -0.05) is 92.9 Å². The van der Waals surface area contributed by atoms with Gasteiger partial charge in [0.1, 0.15) is 0 Å². The molecule has 0 rings (SSSR count). The average molecular weight is 214 g/mol. The summed E-state index contributed by atoms with van der Waals surface area (Å²) in [5.41, 5.74) is 1.14. The summed E-state index contributed by atoms with van der Waals surface area (Å²) < 4.78 is 0. The van der Waals surface area contributed by atoms with Crippen molar-refractivity contribution in [3.63, 3.8) is 0 Å². The Morgan fingerprint density at radius 3 is 1.53 bits per heavy atom. The molecular formula is C15H34. The first-order valence-electron chi connectivity index (χ1n) is 5.78. The quantitative estimate of drug-likeness (QED) is 0.476. The van der Waals surface area contributed by atoms with Gasteiger partial charge in [0.2, 0.25) is 0 Å². The lowest BCUT2D eigenvalue weighted by Gasteiger charge is -1.86. The van der Waals surface area contributed by atoms with Gasteiger partial charge in [0.25, 0.3) is 0 Å². The van der Waals surface area contributed by atoms with E-state index in [0.717, 1.165) is 12.0 Å². The summed E-state index contributed by atoms with van der Waals surface area (Å²) >= 11 is 0. The van der Waals surface area contributed by atoms with Crippen molar-refractivity contribution in [2.24, 2.45) is 0 Å². The highest BCUT2D eigenvalue weighted by Crippen LogP contribution is 1.96. The first-order valence-corrected chi connectivity index (χ1v) is 5.78. The molecule has 0 unspecified atom stereocenters. The van der Waals surface area contributed by atoms with E-state index in [2.05, 4.69) is 20.1 Å². The molecule has 0 spiro atoms. The summed E-state index contributed by atoms with van der Waals surface area (Å²) in [6.45, 7) is 21.4. The zero-order valence-electron chi connectivity index (χ0n) is 11.4. The van der Waals surface area contributed by atoms with Gasteiger partial charge in [0.15, 0.2) is 0 Å². The van der Waals surface area contributed by atoms with Crippen LogP contribution >= 0.6 is 0 Å². The minimum atomic E-state index is 0. The Balaban J connectivity index is -0.0000000410. The molecule has 0 heterocycles. The van der Waals surface area contributed by atoms with E-state index in [0.29, 0.717) is 0 Å². The van der Waals surface area contributed by atoms with E-state index in [1.807, 2.05) is 53.7 Å². The van der Waals surface area contributed by atoms with E-state index >= 15 is 0 Å². The second kappa shape index (κ2) is 51.0. The third-order valence-corrected chi connectivity index (χ3v) is 0.922. The van der Waals surface area contributed by atoms with Gasteiger partial charge in [-0.3, -0.25) is 0 Å². The summed E-state index contributed by atoms with van der Waals surface area (Å²) in [6, 6.07) is 0. The molecule has 0 saturated heterocycles. The maximum Gasteiger partial charge on any atom is -0.0313 e. The van der Waals surface area contributed by atoms with E-state index in [1.165, 1.54) is 0 Å². The molecular weight excluding hydrogens is 180 g/mol. The second-order valence-corrected chi connectivity index (χ2v) is 1.61. The molecule has 0 aliphatic carbocycles. The third kappa shape index (κ3) is 61.1. The molecule has 0 radical (unpaired) electrons. The van der Waals surface area contributed by atoms with Gasteiger partial charge in [-0.25, -0.2) is 0 Å². The average Bonchev–Trinajstić information content (AvgIpc) is 2.33. The van der Waals surface area contributed by atoms with Gasteiger partial charge < -0.3 is 0 Å². The Labute approximate surface area is 99.8 Å². The van der Waals surface area contributed by atoms with Crippen LogP contribution in [-0.2, 0) is 0 Å². The Kier molecular flexibility index (Phi) is 99.4. The van der Waals surface area contributed by atoms with Crippen molar-refractivity contribution >= 4 is 0 Å². The molecule has 0 fully saturated rings. The van der Waals surface area contributed by atoms with E-state index in [9.17, 15) is 0 Å². The fourth-order valence-electron chi connectivity index (χ4n) is 0.322. The van der Waals surface area contributed by atoms with Crippen LogP contribution in [0.2, 0.25) is 0 Å². The number of hydrogen-bond acceptors (Lipinski definition) is 0. The Bertz CT molecular complexity index is 107. The smallest absolute Gasteiger partial charge is 0.0313 e. The van der Waals surface area contributed by atoms with Crippen molar-refractivity contribution in [3.05, 3.63) is 37.0 Å². The fraction of sp³-hybridized carbons (Fsp3) is 0.600. The molecule has 0 aromatic heterocycles. The van der Waals surface area contributed by atoms with Crippen LogP contribution in [0.1, 0.15) is 62.3 Å². The highest BCUT2D eigenvalue weighted by molar-refractivity contribution is 5.17. The van der Waals surface area contributed by atoms with Crippen LogP contribution in [0.3, 0.4) is 0 Å². The summed E-state index contributed by atoms with van der Waals surface area (Å²) in [7, 11) is 0. The van der Waals surface area contributed by atoms with Gasteiger partial charge in [0.05, 0.1) is 0 Å². The van der Waals surface area contributed by atoms with Gasteiger partial charge in [-0.2, -0.15) is 0 Å². The van der Waals surface area contributed by atoms with Gasteiger partial charge in [-0.05, 0) is 6.42 Å². The van der Waals surface area contributed by atoms with Crippen molar-refractivity contribution in [1.82, 2.24) is 0 Å². The standard InChI is InChI=1S/C8H12.3C2H6.CH4/c1-4-6-7-8(3)5-2;3*1-2;/h4,6-7H,1,3,5H2,2H3;3*1-2H3;1H4/b7-6-;;;;. The Morgan fingerprint density at radius 2 is 1.33 bits per heavy atom. The molecule has 0 heteroatoms. The van der Waals surface area contributed by atoms with Gasteiger partial charge >= 0.3 is 0 Å². The maximum atomic E-state index is 3.78. The molecule has 0 aromatic carbocycles. The molecule has 0 N–H and O–H groups in total. The Morgan fingerprint density at radius 1 is 1.00 bits per heavy atom. The van der Waals surface area contributed by atoms with Crippen LogP contribution in [-0.4, -0.2) is 0 Å². The Hall–Kier alpha value is -0.780. The molecule has 0 amide bonds. The molecule has 94 valence electrons. The van der Waals surface area contributed by atoms with Crippen molar-refractivity contribution < 1.29 is 0 Å². The van der Waals surface area contributed by atoms with Crippen LogP contribution in [0.25, 0.3) is 0 Å². The highest BCUT2D eigenvalue weighted by atomic mass is 13.8. The van der Waals surface area contributed by atoms with Crippen molar-refractivity contribution in [2.45, 2.75) is 62.3 Å². The number of hydrogen-bond donors (Lipinski definition) is 0. The van der Waals surface area contributed by atoms with Crippen LogP contribution in [0.4, 0.5) is 0 Å². The third-order valence-electron chi connectivity index (χ3n) is 0.922. The predicted octanol–water partition coefficient (Wildman–Crippen LogP) is 6.41. The van der Waals surface area contributed by atoms with Crippen molar-refractivity contribution in [1.29, 1.82) is 0 Å². The zero-order chi connectivity index (χ0) is 12.4. The monoisotopic (exact) mass is 214 g/mol. The lowest BCUT2D eigenvalue weighted by atomic mass is 10.2. The number of allylic oxidation sites excluding steroid dienone is 4. The first-order chi connectivity index (χ1) is 6.81. The highest BCUT2D eigenvalue weighted by Gasteiger charge is 1.75. The molecule has 0 atom stereocenters. The number of rotatable bonds is 3. The summed E-state index contributed by atoms with van der Waals surface area (Å²) in [5, 5.41) is 0. The van der Waals surface area contributed by atoms with E-state index < -0.39 is 0 Å². The van der Waals surface area contributed by atoms with Crippen molar-refractivity contribution in [3.8, 4) is 0 Å². The second-order valence-electron chi connectivity index (χ2n) is 1.61. The lowest BCUT2D eigenvalue weighted by Crippen LogP contribution is -1.65. The minimum Gasteiger partial charge on any atom is -0.0991 e. The van der Waals surface area contributed by atoms with Crippen LogP contribution in [0, 0.1) is 0 Å². The largest absolute Gasteiger partial charge is 0.0991 e. The van der Waals surface area contributed by atoms with Crippen molar-refractivity contribution in [2.75, 3.05) is 0 Å². The minimum absolute atomic E-state index is 0. The van der Waals surface area contributed by atoms with Crippen LogP contribution in [0.15, 0.2) is 37.0 Å². The molecule has 0 saturated carbocycles. The van der Waals surface area contributed by atoms with E-state index in [1.54, 1.807) is 6.08 Å². The van der Waals surface area contributed by atoms with Gasteiger partial charge in [0, 0.05) is 0 Å². The predicted molar refractivity (Wildman–Crippen MR) is 79.5 cm³/mol. The lowest BCUT2D eigenvalue weighted by molar-refractivity contribution is 1.16. The topological polar surface area (TPSA) is 0 Å². The fourth-order valence-corrected chi connectivity index (χ4v) is 0.322. The summed E-state index contributed by atoms with van der Waals surface area (Å²) in [5.74, 6) is 0. The van der Waals surface area contributed by atoms with Gasteiger partial charge in [-0.15, -0.1) is 0 Å². The first kappa shape index (κ1) is 29.2. The molecule has 0 bridgehead atoms. The SMILES string of the molecule is C.C=C/C=C\C(=C)CC.CC.CC.CC.